The number of phosphoric acid groups is 2. The second-order valence-corrected chi connectivity index (χ2v) is 20.4. The molecule has 68 heavy (non-hydrogen) atoms. The highest BCUT2D eigenvalue weighted by Gasteiger charge is 2.51. The zero-order valence-electron chi connectivity index (χ0n) is 39.9. The molecule has 13 atom stereocenters. The Bertz CT molecular complexity index is 1620. The number of rotatable bonds is 23. The van der Waals surface area contributed by atoms with Crippen LogP contribution >= 0.6 is 15.6 Å². The van der Waals surface area contributed by atoms with Gasteiger partial charge in [0.1, 0.15) is 31.0 Å². The van der Waals surface area contributed by atoms with Crippen LogP contribution in [0, 0.1) is 11.8 Å². The number of hydrogen-bond donors (Lipinski definition) is 10. The lowest BCUT2D eigenvalue weighted by atomic mass is 9.82. The molecule has 0 aromatic carbocycles. The topological polar surface area (TPSA) is 317 Å². The third-order valence-electron chi connectivity index (χ3n) is 12.0. The maximum atomic E-state index is 13.7. The van der Waals surface area contributed by atoms with Gasteiger partial charge in [-0.1, -0.05) is 114 Å². The molecule has 19 nitrogen and oxygen atoms in total. The van der Waals surface area contributed by atoms with E-state index < -0.39 is 120 Å². The highest BCUT2D eigenvalue weighted by molar-refractivity contribution is 7.47. The highest BCUT2D eigenvalue weighted by atomic mass is 31.2. The number of carbonyl (C=O) groups excluding carboxylic acids is 2. The summed E-state index contributed by atoms with van der Waals surface area (Å²) in [6, 6.07) is 0. The van der Waals surface area contributed by atoms with Crippen molar-refractivity contribution in [2.24, 2.45) is 11.8 Å². The molecule has 21 heteroatoms. The summed E-state index contributed by atoms with van der Waals surface area (Å²) in [5.41, 5.74) is 0. The maximum absolute atomic E-state index is 13.7. The van der Waals surface area contributed by atoms with Crippen LogP contribution in [0.25, 0.3) is 0 Å². The van der Waals surface area contributed by atoms with E-state index in [0.29, 0.717) is 38.5 Å². The number of carbonyl (C=O) groups is 2. The second kappa shape index (κ2) is 34.2. The molecule has 1 heterocycles. The van der Waals surface area contributed by atoms with Gasteiger partial charge < -0.3 is 59.9 Å². The zero-order valence-corrected chi connectivity index (χ0v) is 41.6. The molecule has 10 N–H and O–H groups in total. The number of aliphatic hydroxyl groups excluding tert-OH is 7. The van der Waals surface area contributed by atoms with Crippen LogP contribution in [0.2, 0.25) is 0 Å². The molecule has 1 aliphatic carbocycles. The van der Waals surface area contributed by atoms with Crippen molar-refractivity contribution in [1.29, 1.82) is 0 Å². The standard InChI is InChI=1S/C47H82O19P2/c1-3-5-7-8-9-10-11-12-13-14-15-16-17-18-23-27-40(51)62-32-35-33-63-68(60,61)66-47-45(56)44(55)42(53)36(26-22-19-20-24-28-41(52)64-35)38(49)31-39(50)37(30-29-34(48)25-21-6-4-2)43(54)46(47)65-67(57,58)59/h9-10,12-13,15-16,29-30,34-39,42-50,53-56H,3-8,11,14,17-28,31-33H2,1-2H3,(H,60,61)(H2,57,58,59)/b10-9-,13-12-,16-15-,30-29?/t34-,35+,36-,37-,38-,39+,42+,43+,44-,45+,46+,47-/m0/s1. The Hall–Kier alpha value is -2.16. The molecule has 2 rings (SSSR count). The number of aliphatic hydroxyl groups is 7. The van der Waals surface area contributed by atoms with Crippen molar-refractivity contribution in [3.8, 4) is 0 Å². The summed E-state index contributed by atoms with van der Waals surface area (Å²) in [6.45, 7) is 2.54. The quantitative estimate of drug-likeness (QED) is 0.0255. The first-order valence-corrected chi connectivity index (χ1v) is 27.5. The van der Waals surface area contributed by atoms with E-state index in [-0.39, 0.29) is 32.1 Å². The Morgan fingerprint density at radius 2 is 1.43 bits per heavy atom. The molecular formula is C47H82O19P2. The van der Waals surface area contributed by atoms with Gasteiger partial charge in [0.05, 0.1) is 37.1 Å². The van der Waals surface area contributed by atoms with Gasteiger partial charge in [-0.25, -0.2) is 9.13 Å². The number of unbranched alkanes of at least 4 members (excludes halogenated alkanes) is 7. The summed E-state index contributed by atoms with van der Waals surface area (Å²) in [6.07, 6.45) is 5.68. The first-order chi connectivity index (χ1) is 32.3. The van der Waals surface area contributed by atoms with Crippen LogP contribution in [0.3, 0.4) is 0 Å². The first-order valence-electron chi connectivity index (χ1n) is 24.4. The number of phosphoric ester groups is 2. The molecule has 1 aliphatic heterocycles. The largest absolute Gasteiger partial charge is 0.472 e. The van der Waals surface area contributed by atoms with Crippen molar-refractivity contribution in [2.75, 3.05) is 13.2 Å². The Balaban J connectivity index is 2.32. The van der Waals surface area contributed by atoms with E-state index in [1.54, 1.807) is 0 Å². The molecular weight excluding hydrogens is 930 g/mol. The van der Waals surface area contributed by atoms with Gasteiger partial charge in [0.25, 0.3) is 0 Å². The van der Waals surface area contributed by atoms with Gasteiger partial charge in [-0.05, 0) is 64.2 Å². The summed E-state index contributed by atoms with van der Waals surface area (Å²) >= 11 is 0. The van der Waals surface area contributed by atoms with Gasteiger partial charge in [-0.2, -0.15) is 0 Å². The van der Waals surface area contributed by atoms with Gasteiger partial charge in [0, 0.05) is 31.1 Å². The normalized spacial score (nSPS) is 31.8. The fraction of sp³-hybridized carbons (Fsp3) is 0.787. The molecule has 1 saturated carbocycles. The fourth-order valence-corrected chi connectivity index (χ4v) is 9.59. The predicted octanol–water partition coefficient (Wildman–Crippen LogP) is 5.66. The predicted molar refractivity (Wildman–Crippen MR) is 252 cm³/mol. The highest BCUT2D eigenvalue weighted by Crippen LogP contribution is 2.50. The SMILES string of the molecule is CCCCC/C=C\C/C=C\C/C=C\CCCCC(=O)OC[C@@H]1COP(=O)(O)O[C@H]2[C@H](O)[C@@H](O)[C@H](O)[C@@H](CCCCCCC(=O)O1)[C@@H](O)C[C@@H](O)[C@H](C=C[C@@H](O)CCCCC)[C@@H](O)[C@H]2OP(=O)(O)O. The Morgan fingerprint density at radius 3 is 2.07 bits per heavy atom. The first kappa shape index (κ1) is 62.0. The summed E-state index contributed by atoms with van der Waals surface area (Å²) < 4.78 is 52.2. The molecule has 0 aromatic heterocycles. The molecule has 0 spiro atoms. The molecule has 0 radical (unpaired) electrons. The van der Waals surface area contributed by atoms with Crippen LogP contribution in [0.4, 0.5) is 0 Å². The number of allylic oxidation sites excluding steroid dienone is 6. The molecule has 2 fully saturated rings. The lowest BCUT2D eigenvalue weighted by molar-refractivity contribution is -0.166. The fourth-order valence-electron chi connectivity index (χ4n) is 8.06. The van der Waals surface area contributed by atoms with Crippen LogP contribution in [0.5, 0.6) is 0 Å². The number of ether oxygens (including phenoxy) is 2. The number of esters is 2. The monoisotopic (exact) mass is 1010 g/mol. The van der Waals surface area contributed by atoms with Crippen LogP contribution in [0.1, 0.15) is 149 Å². The smallest absolute Gasteiger partial charge is 0.462 e. The third kappa shape index (κ3) is 25.8. The summed E-state index contributed by atoms with van der Waals surface area (Å²) in [5.74, 6) is -4.41. The number of cyclic esters (lactones) is 1. The molecule has 2 bridgehead atoms. The summed E-state index contributed by atoms with van der Waals surface area (Å²) in [4.78, 5) is 56.7. The van der Waals surface area contributed by atoms with Crippen molar-refractivity contribution in [3.63, 3.8) is 0 Å². The average Bonchev–Trinajstić information content (AvgIpc) is 3.28. The molecule has 2 aliphatic rings. The van der Waals surface area contributed by atoms with Crippen molar-refractivity contribution in [3.05, 3.63) is 48.6 Å². The molecule has 394 valence electrons. The van der Waals surface area contributed by atoms with E-state index in [0.717, 1.165) is 44.6 Å². The van der Waals surface area contributed by atoms with E-state index in [1.165, 1.54) is 25.3 Å². The summed E-state index contributed by atoms with van der Waals surface area (Å²) in [7, 11) is -11.4. The minimum atomic E-state index is -5.76. The molecule has 0 amide bonds. The van der Waals surface area contributed by atoms with E-state index in [1.807, 2.05) is 19.1 Å². The second-order valence-electron chi connectivity index (χ2n) is 17.8. The van der Waals surface area contributed by atoms with Crippen molar-refractivity contribution >= 4 is 27.6 Å². The van der Waals surface area contributed by atoms with Crippen molar-refractivity contribution in [1.82, 2.24) is 0 Å². The minimum absolute atomic E-state index is 0.0130. The van der Waals surface area contributed by atoms with Crippen LogP contribution in [-0.2, 0) is 41.8 Å². The van der Waals surface area contributed by atoms with Gasteiger partial charge >= 0.3 is 27.6 Å². The van der Waals surface area contributed by atoms with Crippen molar-refractivity contribution in [2.45, 2.75) is 210 Å². The lowest BCUT2D eigenvalue weighted by Gasteiger charge is -2.39. The Kier molecular flexibility index (Phi) is 31.2. The Morgan fingerprint density at radius 1 is 0.809 bits per heavy atom. The third-order valence-corrected chi connectivity index (χ3v) is 13.5. The number of fused-ring (bicyclic) bond motifs is 4. The molecule has 1 saturated heterocycles. The average molecular weight is 1010 g/mol. The van der Waals surface area contributed by atoms with Crippen LogP contribution in [-0.4, -0.2) is 137 Å². The lowest BCUT2D eigenvalue weighted by Crippen LogP contribution is -2.56. The maximum Gasteiger partial charge on any atom is 0.472 e. The zero-order chi connectivity index (χ0) is 50.5. The minimum Gasteiger partial charge on any atom is -0.462 e. The van der Waals surface area contributed by atoms with Gasteiger partial charge in [0.15, 0.2) is 6.10 Å². The van der Waals surface area contributed by atoms with Crippen molar-refractivity contribution < 1.29 is 92.2 Å². The van der Waals surface area contributed by atoms with Gasteiger partial charge in [0.2, 0.25) is 0 Å². The van der Waals surface area contributed by atoms with E-state index >= 15 is 0 Å². The van der Waals surface area contributed by atoms with E-state index in [2.05, 4.69) is 31.2 Å². The molecule has 0 aromatic rings. The van der Waals surface area contributed by atoms with E-state index in [4.69, 9.17) is 23.0 Å². The molecule has 1 unspecified atom stereocenters. The summed E-state index contributed by atoms with van der Waals surface area (Å²) in [5, 5.41) is 79.7. The van der Waals surface area contributed by atoms with Crippen LogP contribution in [0.15, 0.2) is 48.6 Å². The number of hydrogen-bond acceptors (Lipinski definition) is 16. The van der Waals surface area contributed by atoms with Gasteiger partial charge in [-0.15, -0.1) is 0 Å². The Labute approximate surface area is 402 Å². The van der Waals surface area contributed by atoms with Gasteiger partial charge in [-0.3, -0.25) is 23.2 Å². The van der Waals surface area contributed by atoms with Crippen LogP contribution < -0.4 is 0 Å². The van der Waals surface area contributed by atoms with E-state index in [9.17, 15) is 69.1 Å².